The van der Waals surface area contributed by atoms with Gasteiger partial charge < -0.3 is 4.90 Å². The standard InChI is InChI=1S/C18H19BrN2O3S/c1-2-21-17-14(19)11-15(25(23,24)20-9-4-3-5-10-20)12-7-6-8-13(16(12)17)18(21)22/h6-8,11H,2-5,9-10H2,1H3. The zero-order chi connectivity index (χ0) is 17.8. The number of carbonyl (C=O) groups is 1. The van der Waals surface area contributed by atoms with Crippen LogP contribution in [0.1, 0.15) is 36.5 Å². The van der Waals surface area contributed by atoms with E-state index in [0.717, 1.165) is 30.3 Å². The number of carbonyl (C=O) groups excluding carboxylic acids is 1. The van der Waals surface area contributed by atoms with Crippen LogP contribution >= 0.6 is 15.9 Å². The zero-order valence-electron chi connectivity index (χ0n) is 14.0. The maximum Gasteiger partial charge on any atom is 0.259 e. The molecule has 2 aromatic carbocycles. The highest BCUT2D eigenvalue weighted by molar-refractivity contribution is 9.10. The van der Waals surface area contributed by atoms with E-state index < -0.39 is 10.0 Å². The van der Waals surface area contributed by atoms with Crippen molar-refractivity contribution >= 4 is 48.3 Å². The lowest BCUT2D eigenvalue weighted by molar-refractivity contribution is 0.0994. The molecule has 7 heteroatoms. The molecule has 0 aromatic heterocycles. The first kappa shape index (κ1) is 17.0. The maximum atomic E-state index is 13.2. The minimum absolute atomic E-state index is 0.0729. The van der Waals surface area contributed by atoms with Gasteiger partial charge in [-0.2, -0.15) is 4.31 Å². The number of piperidine rings is 1. The fourth-order valence-corrected chi connectivity index (χ4v) is 6.37. The van der Waals surface area contributed by atoms with Crippen LogP contribution in [0.5, 0.6) is 0 Å². The first-order valence-corrected chi connectivity index (χ1v) is 10.8. The van der Waals surface area contributed by atoms with Crippen LogP contribution in [0.3, 0.4) is 0 Å². The summed E-state index contributed by atoms with van der Waals surface area (Å²) >= 11 is 3.51. The average Bonchev–Trinajstić information content (AvgIpc) is 2.92. The minimum Gasteiger partial charge on any atom is -0.307 e. The molecule has 0 atom stereocenters. The van der Waals surface area contributed by atoms with Gasteiger partial charge in [-0.15, -0.1) is 0 Å². The Hall–Kier alpha value is -1.44. The Morgan fingerprint density at radius 1 is 1.16 bits per heavy atom. The van der Waals surface area contributed by atoms with Crippen molar-refractivity contribution in [2.45, 2.75) is 31.1 Å². The molecule has 4 rings (SSSR count). The normalized spacial score (nSPS) is 18.3. The largest absolute Gasteiger partial charge is 0.307 e. The molecule has 0 spiro atoms. The summed E-state index contributed by atoms with van der Waals surface area (Å²) in [7, 11) is -3.59. The van der Waals surface area contributed by atoms with Crippen LogP contribution in [0.2, 0.25) is 0 Å². The van der Waals surface area contributed by atoms with Crippen molar-refractivity contribution in [2.24, 2.45) is 0 Å². The summed E-state index contributed by atoms with van der Waals surface area (Å²) in [6.07, 6.45) is 2.85. The molecule has 2 aliphatic rings. The molecular formula is C18H19BrN2O3S. The molecule has 0 bridgehead atoms. The van der Waals surface area contributed by atoms with Gasteiger partial charge in [-0.05, 0) is 47.8 Å². The van der Waals surface area contributed by atoms with E-state index in [1.54, 1.807) is 33.5 Å². The van der Waals surface area contributed by atoms with Crippen LogP contribution in [0, 0.1) is 0 Å². The van der Waals surface area contributed by atoms with Crippen molar-refractivity contribution in [3.63, 3.8) is 0 Å². The number of amides is 1. The van der Waals surface area contributed by atoms with E-state index in [1.165, 1.54) is 0 Å². The molecule has 0 aliphatic carbocycles. The molecule has 25 heavy (non-hydrogen) atoms. The Labute approximate surface area is 155 Å². The fraction of sp³-hybridized carbons (Fsp3) is 0.389. The molecule has 0 radical (unpaired) electrons. The van der Waals surface area contributed by atoms with Crippen LogP contribution in [-0.2, 0) is 10.0 Å². The Morgan fingerprint density at radius 2 is 1.88 bits per heavy atom. The highest BCUT2D eigenvalue weighted by Crippen LogP contribution is 2.45. The highest BCUT2D eigenvalue weighted by Gasteiger charge is 2.35. The molecule has 2 aliphatic heterocycles. The first-order valence-electron chi connectivity index (χ1n) is 8.54. The average molecular weight is 423 g/mol. The topological polar surface area (TPSA) is 57.7 Å². The molecule has 0 unspecified atom stereocenters. The number of benzene rings is 2. The molecule has 1 fully saturated rings. The lowest BCUT2D eigenvalue weighted by Crippen LogP contribution is -2.35. The van der Waals surface area contributed by atoms with Crippen LogP contribution in [0.25, 0.3) is 10.8 Å². The van der Waals surface area contributed by atoms with E-state index in [1.807, 2.05) is 6.92 Å². The lowest BCUT2D eigenvalue weighted by atomic mass is 10.1. The van der Waals surface area contributed by atoms with Gasteiger partial charge in [0.2, 0.25) is 10.0 Å². The number of anilines is 1. The Bertz CT molecular complexity index is 981. The van der Waals surface area contributed by atoms with Crippen LogP contribution < -0.4 is 4.90 Å². The first-order chi connectivity index (χ1) is 12.0. The molecule has 5 nitrogen and oxygen atoms in total. The third kappa shape index (κ3) is 2.44. The lowest BCUT2D eigenvalue weighted by Gasteiger charge is -2.27. The molecule has 132 valence electrons. The van der Waals surface area contributed by atoms with Crippen molar-refractivity contribution in [3.05, 3.63) is 34.3 Å². The van der Waals surface area contributed by atoms with E-state index >= 15 is 0 Å². The van der Waals surface area contributed by atoms with Gasteiger partial charge in [0, 0.05) is 40.4 Å². The third-order valence-corrected chi connectivity index (χ3v) is 7.59. The second kappa shape index (κ2) is 6.07. The molecule has 1 amide bonds. The Kier molecular flexibility index (Phi) is 4.13. The summed E-state index contributed by atoms with van der Waals surface area (Å²) in [5.74, 6) is -0.0729. The number of nitrogens with zero attached hydrogens (tertiary/aromatic N) is 2. The predicted octanol–water partition coefficient (Wildman–Crippen LogP) is 3.76. The monoisotopic (exact) mass is 422 g/mol. The van der Waals surface area contributed by atoms with E-state index in [9.17, 15) is 13.2 Å². The minimum atomic E-state index is -3.59. The van der Waals surface area contributed by atoms with Crippen LogP contribution in [0.15, 0.2) is 33.6 Å². The quantitative estimate of drug-likeness (QED) is 0.756. The molecule has 2 aromatic rings. The van der Waals surface area contributed by atoms with Gasteiger partial charge in [-0.3, -0.25) is 4.79 Å². The van der Waals surface area contributed by atoms with E-state index in [0.29, 0.717) is 35.1 Å². The summed E-state index contributed by atoms with van der Waals surface area (Å²) in [5.41, 5.74) is 1.35. The van der Waals surface area contributed by atoms with Crippen LogP contribution in [-0.4, -0.2) is 38.3 Å². The second-order valence-corrected chi connectivity index (χ2v) is 9.21. The maximum absolute atomic E-state index is 13.2. The summed E-state index contributed by atoms with van der Waals surface area (Å²) < 4.78 is 28.7. The number of hydrogen-bond acceptors (Lipinski definition) is 3. The third-order valence-electron chi connectivity index (χ3n) is 5.05. The van der Waals surface area contributed by atoms with E-state index in [-0.39, 0.29) is 10.8 Å². The van der Waals surface area contributed by atoms with Crippen molar-refractivity contribution in [3.8, 4) is 0 Å². The fourth-order valence-electron chi connectivity index (χ4n) is 3.84. The summed E-state index contributed by atoms with van der Waals surface area (Å²) in [6, 6.07) is 7.00. The van der Waals surface area contributed by atoms with Gasteiger partial charge in [0.25, 0.3) is 5.91 Å². The van der Waals surface area contributed by atoms with Gasteiger partial charge >= 0.3 is 0 Å². The Balaban J connectivity index is 1.99. The Morgan fingerprint density at radius 3 is 2.56 bits per heavy atom. The molecule has 2 heterocycles. The van der Waals surface area contributed by atoms with Crippen molar-refractivity contribution < 1.29 is 13.2 Å². The van der Waals surface area contributed by atoms with Gasteiger partial charge in [0.1, 0.15) is 0 Å². The number of halogens is 1. The summed E-state index contributed by atoms with van der Waals surface area (Å²) in [4.78, 5) is 14.6. The SMILES string of the molecule is CCN1C(=O)c2cccc3c(S(=O)(=O)N4CCCCC4)cc(Br)c1c23. The van der Waals surface area contributed by atoms with Gasteiger partial charge in [-0.25, -0.2) is 8.42 Å². The highest BCUT2D eigenvalue weighted by atomic mass is 79.9. The number of hydrogen-bond donors (Lipinski definition) is 0. The number of sulfonamides is 1. The van der Waals surface area contributed by atoms with Crippen molar-refractivity contribution in [1.82, 2.24) is 4.31 Å². The van der Waals surface area contributed by atoms with Gasteiger partial charge in [0.05, 0.1) is 10.6 Å². The van der Waals surface area contributed by atoms with E-state index in [4.69, 9.17) is 0 Å². The zero-order valence-corrected chi connectivity index (χ0v) is 16.4. The molecule has 0 N–H and O–H groups in total. The van der Waals surface area contributed by atoms with Gasteiger partial charge in [0.15, 0.2) is 0 Å². The van der Waals surface area contributed by atoms with E-state index in [2.05, 4.69) is 15.9 Å². The summed E-state index contributed by atoms with van der Waals surface area (Å²) in [6.45, 7) is 3.58. The molecular weight excluding hydrogens is 404 g/mol. The molecule has 1 saturated heterocycles. The van der Waals surface area contributed by atoms with Crippen LogP contribution in [0.4, 0.5) is 5.69 Å². The predicted molar refractivity (Wildman–Crippen MR) is 102 cm³/mol. The van der Waals surface area contributed by atoms with Crippen molar-refractivity contribution in [2.75, 3.05) is 24.5 Å². The smallest absolute Gasteiger partial charge is 0.259 e. The molecule has 0 saturated carbocycles. The van der Waals surface area contributed by atoms with Gasteiger partial charge in [-0.1, -0.05) is 18.6 Å². The second-order valence-electron chi connectivity index (χ2n) is 6.45. The summed E-state index contributed by atoms with van der Waals surface area (Å²) in [5, 5.41) is 1.37. The number of rotatable bonds is 3. The van der Waals surface area contributed by atoms with Crippen molar-refractivity contribution in [1.29, 1.82) is 0 Å².